The standard InChI is InChI=1S/C19H19N5O3S/c1-2-27-18(26)14-8-10-15(11-9-14)21-16(25)12-28-19-23-22-17(24(19)20)13-6-4-3-5-7-13/h3-11H,2,12,20H2,1H3,(H,21,25). The summed E-state index contributed by atoms with van der Waals surface area (Å²) in [6, 6.07) is 15.9. The van der Waals surface area contributed by atoms with Gasteiger partial charge in [-0.15, -0.1) is 10.2 Å². The predicted molar refractivity (Wildman–Crippen MR) is 107 cm³/mol. The highest BCUT2D eigenvalue weighted by atomic mass is 32.2. The number of ether oxygens (including phenoxy) is 1. The second-order valence-corrected chi connectivity index (χ2v) is 6.62. The first-order valence-electron chi connectivity index (χ1n) is 8.54. The fraction of sp³-hybridized carbons (Fsp3) is 0.158. The van der Waals surface area contributed by atoms with E-state index >= 15 is 0 Å². The van der Waals surface area contributed by atoms with Gasteiger partial charge in [0.25, 0.3) is 0 Å². The van der Waals surface area contributed by atoms with Crippen LogP contribution in [0.2, 0.25) is 0 Å². The summed E-state index contributed by atoms with van der Waals surface area (Å²) < 4.78 is 6.29. The lowest BCUT2D eigenvalue weighted by Gasteiger charge is -2.07. The molecule has 1 heterocycles. The summed E-state index contributed by atoms with van der Waals surface area (Å²) in [5.74, 6) is 6.06. The second-order valence-electron chi connectivity index (χ2n) is 5.68. The van der Waals surface area contributed by atoms with Crippen LogP contribution < -0.4 is 11.2 Å². The maximum Gasteiger partial charge on any atom is 0.338 e. The van der Waals surface area contributed by atoms with Crippen LogP contribution in [0.15, 0.2) is 59.8 Å². The first-order chi connectivity index (χ1) is 13.6. The zero-order valence-electron chi connectivity index (χ0n) is 15.2. The number of carbonyl (C=O) groups is 2. The summed E-state index contributed by atoms with van der Waals surface area (Å²) in [4.78, 5) is 23.8. The van der Waals surface area contributed by atoms with E-state index in [0.29, 0.717) is 28.8 Å². The molecule has 0 atom stereocenters. The van der Waals surface area contributed by atoms with Crippen LogP contribution in [0, 0.1) is 0 Å². The van der Waals surface area contributed by atoms with E-state index in [4.69, 9.17) is 10.6 Å². The number of nitrogens with zero attached hydrogens (tertiary/aromatic N) is 3. The molecule has 1 amide bonds. The Hall–Kier alpha value is -3.33. The zero-order valence-corrected chi connectivity index (χ0v) is 16.0. The zero-order chi connectivity index (χ0) is 19.9. The van der Waals surface area contributed by atoms with E-state index in [1.54, 1.807) is 31.2 Å². The van der Waals surface area contributed by atoms with Gasteiger partial charge in [-0.3, -0.25) is 4.79 Å². The van der Waals surface area contributed by atoms with Gasteiger partial charge in [-0.25, -0.2) is 9.47 Å². The van der Waals surface area contributed by atoms with Crippen molar-refractivity contribution in [3.8, 4) is 11.4 Å². The van der Waals surface area contributed by atoms with Gasteiger partial charge < -0.3 is 15.9 Å². The predicted octanol–water partition coefficient (Wildman–Crippen LogP) is 2.57. The van der Waals surface area contributed by atoms with E-state index in [9.17, 15) is 9.59 Å². The van der Waals surface area contributed by atoms with Crippen molar-refractivity contribution in [2.45, 2.75) is 12.1 Å². The summed E-state index contributed by atoms with van der Waals surface area (Å²) in [7, 11) is 0. The number of hydrogen-bond donors (Lipinski definition) is 2. The average molecular weight is 397 g/mol. The highest BCUT2D eigenvalue weighted by molar-refractivity contribution is 7.99. The van der Waals surface area contributed by atoms with Gasteiger partial charge in [-0.2, -0.15) is 0 Å². The smallest absolute Gasteiger partial charge is 0.338 e. The molecule has 0 saturated heterocycles. The summed E-state index contributed by atoms with van der Waals surface area (Å²) in [6.45, 7) is 2.06. The SMILES string of the molecule is CCOC(=O)c1ccc(NC(=O)CSc2nnc(-c3ccccc3)n2N)cc1. The van der Waals surface area contributed by atoms with E-state index in [1.165, 1.54) is 16.4 Å². The number of nitrogen functional groups attached to an aromatic ring is 1. The first kappa shape index (κ1) is 19.4. The highest BCUT2D eigenvalue weighted by Gasteiger charge is 2.14. The molecule has 28 heavy (non-hydrogen) atoms. The molecule has 3 N–H and O–H groups in total. The number of thioether (sulfide) groups is 1. The van der Waals surface area contributed by atoms with Crippen LogP contribution in [0.5, 0.6) is 0 Å². The van der Waals surface area contributed by atoms with Crippen molar-refractivity contribution in [2.24, 2.45) is 0 Å². The van der Waals surface area contributed by atoms with Gasteiger partial charge in [-0.05, 0) is 31.2 Å². The van der Waals surface area contributed by atoms with Gasteiger partial charge in [0.15, 0.2) is 5.82 Å². The molecular formula is C19H19N5O3S. The molecule has 0 radical (unpaired) electrons. The van der Waals surface area contributed by atoms with Crippen LogP contribution in [0.1, 0.15) is 17.3 Å². The monoisotopic (exact) mass is 397 g/mol. The quantitative estimate of drug-likeness (QED) is 0.358. The van der Waals surface area contributed by atoms with E-state index in [1.807, 2.05) is 30.3 Å². The lowest BCUT2D eigenvalue weighted by Crippen LogP contribution is -2.16. The molecule has 0 fully saturated rings. The van der Waals surface area contributed by atoms with Gasteiger partial charge in [0.2, 0.25) is 11.1 Å². The Balaban J connectivity index is 1.56. The minimum absolute atomic E-state index is 0.115. The Labute approximate surface area is 166 Å². The van der Waals surface area contributed by atoms with Crippen LogP contribution in [0.25, 0.3) is 11.4 Å². The van der Waals surface area contributed by atoms with E-state index in [2.05, 4.69) is 15.5 Å². The molecule has 0 aliphatic rings. The third-order valence-electron chi connectivity index (χ3n) is 3.71. The third-order valence-corrected chi connectivity index (χ3v) is 4.65. The number of hydrogen-bond acceptors (Lipinski definition) is 7. The van der Waals surface area contributed by atoms with E-state index in [-0.39, 0.29) is 11.7 Å². The lowest BCUT2D eigenvalue weighted by atomic mass is 10.2. The normalized spacial score (nSPS) is 10.5. The molecule has 144 valence electrons. The number of carbonyl (C=O) groups excluding carboxylic acids is 2. The lowest BCUT2D eigenvalue weighted by molar-refractivity contribution is -0.113. The molecule has 3 aromatic rings. The molecule has 0 aliphatic heterocycles. The molecule has 0 spiro atoms. The van der Waals surface area contributed by atoms with Gasteiger partial charge in [-0.1, -0.05) is 42.1 Å². The Morgan fingerprint density at radius 2 is 1.82 bits per heavy atom. The fourth-order valence-electron chi connectivity index (χ4n) is 2.39. The highest BCUT2D eigenvalue weighted by Crippen LogP contribution is 2.21. The van der Waals surface area contributed by atoms with Crippen LogP contribution in [0.4, 0.5) is 5.69 Å². The van der Waals surface area contributed by atoms with E-state index in [0.717, 1.165) is 5.56 Å². The Morgan fingerprint density at radius 1 is 1.11 bits per heavy atom. The molecule has 3 rings (SSSR count). The van der Waals surface area contributed by atoms with Crippen molar-refractivity contribution in [1.82, 2.24) is 14.9 Å². The molecule has 8 nitrogen and oxygen atoms in total. The molecular weight excluding hydrogens is 378 g/mol. The number of rotatable bonds is 7. The van der Waals surface area contributed by atoms with Gasteiger partial charge in [0.1, 0.15) is 0 Å². The number of anilines is 1. The van der Waals surface area contributed by atoms with Crippen molar-refractivity contribution in [1.29, 1.82) is 0 Å². The second kappa shape index (κ2) is 9.05. The number of esters is 1. The first-order valence-corrected chi connectivity index (χ1v) is 9.52. The van der Waals surface area contributed by atoms with Crippen LogP contribution in [0.3, 0.4) is 0 Å². The number of nitrogens with two attached hydrogens (primary N) is 1. The summed E-state index contributed by atoms with van der Waals surface area (Å²) in [6.07, 6.45) is 0. The molecule has 2 aromatic carbocycles. The number of aromatic nitrogens is 3. The molecule has 1 aromatic heterocycles. The summed E-state index contributed by atoms with van der Waals surface area (Å²) >= 11 is 1.18. The Morgan fingerprint density at radius 3 is 2.50 bits per heavy atom. The third kappa shape index (κ3) is 4.68. The fourth-order valence-corrected chi connectivity index (χ4v) is 3.05. The molecule has 9 heteroatoms. The van der Waals surface area contributed by atoms with Crippen LogP contribution >= 0.6 is 11.8 Å². The van der Waals surface area contributed by atoms with Crippen LogP contribution in [-0.4, -0.2) is 39.1 Å². The topological polar surface area (TPSA) is 112 Å². The minimum atomic E-state index is -0.396. The summed E-state index contributed by atoms with van der Waals surface area (Å²) in [5, 5.41) is 11.3. The van der Waals surface area contributed by atoms with Crippen molar-refractivity contribution in [3.63, 3.8) is 0 Å². The molecule has 0 unspecified atom stereocenters. The van der Waals surface area contributed by atoms with Gasteiger partial charge >= 0.3 is 5.97 Å². The molecule has 0 bridgehead atoms. The van der Waals surface area contributed by atoms with Crippen LogP contribution in [-0.2, 0) is 9.53 Å². The molecule has 0 aliphatic carbocycles. The maximum atomic E-state index is 12.2. The van der Waals surface area contributed by atoms with Crippen molar-refractivity contribution in [3.05, 3.63) is 60.2 Å². The minimum Gasteiger partial charge on any atom is -0.462 e. The Bertz CT molecular complexity index is 957. The molecule has 0 saturated carbocycles. The number of benzene rings is 2. The van der Waals surface area contributed by atoms with Gasteiger partial charge in [0, 0.05) is 11.3 Å². The average Bonchev–Trinajstić information content (AvgIpc) is 3.08. The van der Waals surface area contributed by atoms with Crippen molar-refractivity contribution in [2.75, 3.05) is 23.5 Å². The summed E-state index contributed by atoms with van der Waals surface area (Å²) in [5.41, 5.74) is 1.85. The van der Waals surface area contributed by atoms with Crippen molar-refractivity contribution < 1.29 is 14.3 Å². The maximum absolute atomic E-state index is 12.2. The largest absolute Gasteiger partial charge is 0.462 e. The number of amides is 1. The number of nitrogens with one attached hydrogen (secondary N) is 1. The van der Waals surface area contributed by atoms with Gasteiger partial charge in [0.05, 0.1) is 17.9 Å². The Kier molecular flexibility index (Phi) is 6.28. The van der Waals surface area contributed by atoms with Crippen molar-refractivity contribution >= 4 is 29.3 Å². The van der Waals surface area contributed by atoms with E-state index < -0.39 is 5.97 Å².